The van der Waals surface area contributed by atoms with Crippen molar-refractivity contribution in [1.82, 2.24) is 14.8 Å². The zero-order valence-electron chi connectivity index (χ0n) is 9.11. The number of aliphatic hydroxyl groups excluding tert-OH is 1. The molecule has 4 heteroatoms. The monoisotopic (exact) mass is 225 g/mol. The molecule has 84 valence electrons. The lowest BCUT2D eigenvalue weighted by Crippen LogP contribution is -2.00. The predicted molar refractivity (Wildman–Crippen MR) is 64.8 cm³/mol. The average molecular weight is 225 g/mol. The van der Waals surface area contributed by atoms with Gasteiger partial charge in [-0.1, -0.05) is 24.3 Å². The Morgan fingerprint density at radius 3 is 2.65 bits per heavy atom. The number of pyridine rings is 1. The van der Waals surface area contributed by atoms with Crippen molar-refractivity contribution < 1.29 is 5.11 Å². The van der Waals surface area contributed by atoms with Crippen molar-refractivity contribution in [3.8, 4) is 5.82 Å². The lowest BCUT2D eigenvalue weighted by molar-refractivity contribution is 0.283. The zero-order valence-corrected chi connectivity index (χ0v) is 9.11. The van der Waals surface area contributed by atoms with Crippen molar-refractivity contribution in [3.05, 3.63) is 54.5 Å². The number of hydrogen-bond donors (Lipinski definition) is 1. The lowest BCUT2D eigenvalue weighted by atomic mass is 10.1. The normalized spacial score (nSPS) is 10.9. The van der Waals surface area contributed by atoms with Crippen LogP contribution in [-0.2, 0) is 6.61 Å². The van der Waals surface area contributed by atoms with Gasteiger partial charge in [-0.05, 0) is 11.5 Å². The summed E-state index contributed by atoms with van der Waals surface area (Å²) < 4.78 is 1.73. The first-order valence-electron chi connectivity index (χ1n) is 5.37. The minimum atomic E-state index is -0.00704. The molecule has 0 aliphatic rings. The maximum Gasteiger partial charge on any atom is 0.161 e. The zero-order chi connectivity index (χ0) is 11.7. The highest BCUT2D eigenvalue weighted by Gasteiger charge is 2.07. The van der Waals surface area contributed by atoms with Crippen LogP contribution in [0, 0.1) is 0 Å². The highest BCUT2D eigenvalue weighted by atomic mass is 16.3. The van der Waals surface area contributed by atoms with Gasteiger partial charge in [-0.15, -0.1) is 0 Å². The number of benzene rings is 1. The van der Waals surface area contributed by atoms with E-state index in [9.17, 15) is 5.11 Å². The first-order valence-corrected chi connectivity index (χ1v) is 5.37. The van der Waals surface area contributed by atoms with E-state index in [0.717, 1.165) is 22.2 Å². The van der Waals surface area contributed by atoms with E-state index in [1.54, 1.807) is 17.1 Å². The van der Waals surface area contributed by atoms with Crippen LogP contribution in [0.4, 0.5) is 0 Å². The molecule has 3 aromatic rings. The second kappa shape index (κ2) is 3.99. The summed E-state index contributed by atoms with van der Waals surface area (Å²) in [5.74, 6) is 0.780. The third kappa shape index (κ3) is 1.59. The molecule has 0 aliphatic carbocycles. The molecule has 0 amide bonds. The fourth-order valence-electron chi connectivity index (χ4n) is 1.94. The minimum Gasteiger partial charge on any atom is -0.392 e. The molecule has 0 saturated carbocycles. The van der Waals surface area contributed by atoms with E-state index in [4.69, 9.17) is 0 Å². The Kier molecular flexibility index (Phi) is 2.34. The van der Waals surface area contributed by atoms with E-state index in [-0.39, 0.29) is 6.61 Å². The highest BCUT2D eigenvalue weighted by Crippen LogP contribution is 2.22. The van der Waals surface area contributed by atoms with Crippen LogP contribution < -0.4 is 0 Å². The molecule has 1 aromatic carbocycles. The molecule has 2 heterocycles. The summed E-state index contributed by atoms with van der Waals surface area (Å²) in [6.45, 7) is -0.00704. The van der Waals surface area contributed by atoms with Crippen LogP contribution in [0.2, 0.25) is 0 Å². The van der Waals surface area contributed by atoms with Crippen LogP contribution in [0.1, 0.15) is 5.56 Å². The molecule has 1 N–H and O–H groups in total. The molecule has 17 heavy (non-hydrogen) atoms. The van der Waals surface area contributed by atoms with E-state index in [0.29, 0.717) is 0 Å². The van der Waals surface area contributed by atoms with Gasteiger partial charge in [0.2, 0.25) is 0 Å². The van der Waals surface area contributed by atoms with E-state index < -0.39 is 0 Å². The molecule has 2 aromatic heterocycles. The average Bonchev–Trinajstić information content (AvgIpc) is 2.91. The van der Waals surface area contributed by atoms with Crippen LogP contribution in [-0.4, -0.2) is 19.9 Å². The largest absolute Gasteiger partial charge is 0.392 e. The maximum atomic E-state index is 9.29. The molecule has 0 fully saturated rings. The van der Waals surface area contributed by atoms with Crippen LogP contribution in [0.3, 0.4) is 0 Å². The van der Waals surface area contributed by atoms with Crippen molar-refractivity contribution in [2.75, 3.05) is 0 Å². The molecule has 0 atom stereocenters. The standard InChI is InChI=1S/C13H11N3O/c17-9-10-8-14-13(16-7-3-6-15-16)12-5-2-1-4-11(10)12/h1-8,17H,9H2. The highest BCUT2D eigenvalue weighted by molar-refractivity contribution is 5.90. The second-order valence-electron chi connectivity index (χ2n) is 3.76. The Hall–Kier alpha value is -2.20. The number of aliphatic hydroxyl groups is 1. The first kappa shape index (κ1) is 9.99. The van der Waals surface area contributed by atoms with E-state index in [1.165, 1.54) is 0 Å². The van der Waals surface area contributed by atoms with Gasteiger partial charge in [-0.3, -0.25) is 0 Å². The minimum absolute atomic E-state index is 0.00704. The second-order valence-corrected chi connectivity index (χ2v) is 3.76. The molecule has 4 nitrogen and oxygen atoms in total. The van der Waals surface area contributed by atoms with Crippen molar-refractivity contribution in [3.63, 3.8) is 0 Å². The van der Waals surface area contributed by atoms with Crippen LogP contribution >= 0.6 is 0 Å². The molecular formula is C13H11N3O. The van der Waals surface area contributed by atoms with Gasteiger partial charge in [0, 0.05) is 29.5 Å². The Labute approximate surface area is 98.2 Å². The SMILES string of the molecule is OCc1cnc(-n2cccn2)c2ccccc12. The summed E-state index contributed by atoms with van der Waals surface area (Å²) in [5.41, 5.74) is 0.830. The van der Waals surface area contributed by atoms with Crippen molar-refractivity contribution in [2.45, 2.75) is 6.61 Å². The molecule has 0 bridgehead atoms. The fourth-order valence-corrected chi connectivity index (χ4v) is 1.94. The van der Waals surface area contributed by atoms with Crippen LogP contribution in [0.15, 0.2) is 48.9 Å². The van der Waals surface area contributed by atoms with Gasteiger partial charge in [0.05, 0.1) is 6.61 Å². The molecule has 0 saturated heterocycles. The third-order valence-electron chi connectivity index (χ3n) is 2.75. The molecular weight excluding hydrogens is 214 g/mol. The summed E-state index contributed by atoms with van der Waals surface area (Å²) >= 11 is 0. The fraction of sp³-hybridized carbons (Fsp3) is 0.0769. The quantitative estimate of drug-likeness (QED) is 0.724. The van der Waals surface area contributed by atoms with E-state index >= 15 is 0 Å². The summed E-state index contributed by atoms with van der Waals surface area (Å²) in [6, 6.07) is 9.73. The van der Waals surface area contributed by atoms with Gasteiger partial charge in [0.15, 0.2) is 5.82 Å². The van der Waals surface area contributed by atoms with E-state index in [1.807, 2.05) is 36.5 Å². The smallest absolute Gasteiger partial charge is 0.161 e. The molecule has 0 aliphatic heterocycles. The first-order chi connectivity index (χ1) is 8.40. The van der Waals surface area contributed by atoms with Crippen molar-refractivity contribution >= 4 is 10.8 Å². The van der Waals surface area contributed by atoms with E-state index in [2.05, 4.69) is 10.1 Å². The Morgan fingerprint density at radius 2 is 1.94 bits per heavy atom. The molecule has 0 radical (unpaired) electrons. The lowest BCUT2D eigenvalue weighted by Gasteiger charge is -2.08. The van der Waals surface area contributed by atoms with Gasteiger partial charge < -0.3 is 5.11 Å². The van der Waals surface area contributed by atoms with Crippen LogP contribution in [0.5, 0.6) is 0 Å². The number of nitrogens with zero attached hydrogens (tertiary/aromatic N) is 3. The topological polar surface area (TPSA) is 50.9 Å². The summed E-state index contributed by atoms with van der Waals surface area (Å²) in [5, 5.41) is 15.5. The molecule has 3 rings (SSSR count). The van der Waals surface area contributed by atoms with Crippen molar-refractivity contribution in [2.24, 2.45) is 0 Å². The van der Waals surface area contributed by atoms with Gasteiger partial charge in [0.25, 0.3) is 0 Å². The number of hydrogen-bond acceptors (Lipinski definition) is 3. The van der Waals surface area contributed by atoms with Gasteiger partial charge in [0.1, 0.15) is 0 Å². The number of rotatable bonds is 2. The van der Waals surface area contributed by atoms with Gasteiger partial charge in [-0.25, -0.2) is 9.67 Å². The third-order valence-corrected chi connectivity index (χ3v) is 2.75. The maximum absolute atomic E-state index is 9.29. The Morgan fingerprint density at radius 1 is 1.12 bits per heavy atom. The van der Waals surface area contributed by atoms with Crippen molar-refractivity contribution in [1.29, 1.82) is 0 Å². The number of fused-ring (bicyclic) bond motifs is 1. The summed E-state index contributed by atoms with van der Waals surface area (Å²) in [6.07, 6.45) is 5.27. The molecule has 0 unspecified atom stereocenters. The van der Waals surface area contributed by atoms with Gasteiger partial charge in [-0.2, -0.15) is 5.10 Å². The van der Waals surface area contributed by atoms with Crippen LogP contribution in [0.25, 0.3) is 16.6 Å². The van der Waals surface area contributed by atoms with Gasteiger partial charge >= 0.3 is 0 Å². The molecule has 0 spiro atoms. The summed E-state index contributed by atoms with van der Waals surface area (Å²) in [7, 11) is 0. The Bertz CT molecular complexity index is 647. The number of aromatic nitrogens is 3. The summed E-state index contributed by atoms with van der Waals surface area (Å²) in [4.78, 5) is 4.36. The predicted octanol–water partition coefficient (Wildman–Crippen LogP) is 1.91. The Balaban J connectivity index is 2.34.